The van der Waals surface area contributed by atoms with Crippen LogP contribution in [0, 0.1) is 11.6 Å². The third kappa shape index (κ3) is 3.55. The smallest absolute Gasteiger partial charge is 0.221 e. The lowest BCUT2D eigenvalue weighted by atomic mass is 10.3. The molecule has 0 atom stereocenters. The lowest BCUT2D eigenvalue weighted by Gasteiger charge is -2.09. The van der Waals surface area contributed by atoms with Crippen molar-refractivity contribution in [3.8, 4) is 0 Å². The van der Waals surface area contributed by atoms with Gasteiger partial charge in [-0.05, 0) is 33.4 Å². The highest BCUT2D eigenvalue weighted by molar-refractivity contribution is 9.10. The van der Waals surface area contributed by atoms with Crippen LogP contribution >= 0.6 is 27.3 Å². The van der Waals surface area contributed by atoms with E-state index in [4.69, 9.17) is 0 Å². The van der Waals surface area contributed by atoms with Gasteiger partial charge in [-0.25, -0.2) is 8.78 Å². The summed E-state index contributed by atoms with van der Waals surface area (Å²) >= 11 is 4.34. The molecule has 1 amide bonds. The normalized spacial score (nSPS) is 10.4. The van der Waals surface area contributed by atoms with E-state index in [1.807, 2.05) is 5.38 Å². The zero-order valence-electron chi connectivity index (χ0n) is 10.5. The largest absolute Gasteiger partial charge is 0.378 e. The molecule has 0 radical (unpaired) electrons. The molecule has 0 aliphatic carbocycles. The van der Waals surface area contributed by atoms with Crippen LogP contribution in [0.4, 0.5) is 20.2 Å². The fourth-order valence-corrected chi connectivity index (χ4v) is 2.70. The van der Waals surface area contributed by atoms with Gasteiger partial charge in [-0.1, -0.05) is 0 Å². The number of hydrogen-bond acceptors (Lipinski definition) is 3. The molecule has 3 nitrogen and oxygen atoms in total. The number of nitrogens with one attached hydrogen (secondary N) is 2. The quantitative estimate of drug-likeness (QED) is 0.795. The topological polar surface area (TPSA) is 41.1 Å². The van der Waals surface area contributed by atoms with E-state index in [0.717, 1.165) is 17.0 Å². The molecule has 0 unspecified atom stereocenters. The second-order valence-electron chi connectivity index (χ2n) is 4.04. The summed E-state index contributed by atoms with van der Waals surface area (Å²) in [4.78, 5) is 11.9. The van der Waals surface area contributed by atoms with Crippen LogP contribution in [-0.2, 0) is 11.3 Å². The van der Waals surface area contributed by atoms with Crippen molar-refractivity contribution in [1.29, 1.82) is 0 Å². The van der Waals surface area contributed by atoms with Crippen LogP contribution in [-0.4, -0.2) is 5.91 Å². The van der Waals surface area contributed by atoms with Crippen LogP contribution in [0.3, 0.4) is 0 Å². The highest BCUT2D eigenvalue weighted by atomic mass is 79.9. The molecule has 0 aliphatic rings. The van der Waals surface area contributed by atoms with E-state index in [0.29, 0.717) is 12.2 Å². The Morgan fingerprint density at radius 1 is 1.30 bits per heavy atom. The summed E-state index contributed by atoms with van der Waals surface area (Å²) in [6.45, 7) is 1.71. The Hall–Kier alpha value is -1.47. The van der Waals surface area contributed by atoms with Crippen molar-refractivity contribution < 1.29 is 13.6 Å². The van der Waals surface area contributed by atoms with Gasteiger partial charge in [0.25, 0.3) is 0 Å². The summed E-state index contributed by atoms with van der Waals surface area (Å²) in [5.41, 5.74) is 0.751. The molecular formula is C13H11BrF2N2OS. The van der Waals surface area contributed by atoms with Crippen molar-refractivity contribution in [1.82, 2.24) is 0 Å². The number of hydrogen-bond donors (Lipinski definition) is 2. The molecule has 0 saturated carbocycles. The van der Waals surface area contributed by atoms with Gasteiger partial charge in [0.2, 0.25) is 5.91 Å². The SMILES string of the molecule is CC(=O)Nc1ccsc1CNc1cc(F)c(Br)cc1F. The Balaban J connectivity index is 2.11. The minimum Gasteiger partial charge on any atom is -0.378 e. The van der Waals surface area contributed by atoms with Crippen molar-refractivity contribution in [3.05, 3.63) is 44.6 Å². The monoisotopic (exact) mass is 360 g/mol. The molecule has 20 heavy (non-hydrogen) atoms. The summed E-state index contributed by atoms with van der Waals surface area (Å²) in [5, 5.41) is 7.32. The standard InChI is InChI=1S/C13H11BrF2N2OS/c1-7(19)18-11-2-3-20-13(11)6-17-12-5-9(15)8(14)4-10(12)16/h2-5,17H,6H2,1H3,(H,18,19). The van der Waals surface area contributed by atoms with E-state index >= 15 is 0 Å². The van der Waals surface area contributed by atoms with Gasteiger partial charge in [0, 0.05) is 17.9 Å². The molecule has 7 heteroatoms. The number of rotatable bonds is 4. The highest BCUT2D eigenvalue weighted by Gasteiger charge is 2.10. The number of anilines is 2. The van der Waals surface area contributed by atoms with Crippen LogP contribution in [0.5, 0.6) is 0 Å². The minimum atomic E-state index is -0.545. The third-order valence-electron chi connectivity index (χ3n) is 2.51. The molecular weight excluding hydrogens is 350 g/mol. The van der Waals surface area contributed by atoms with Crippen molar-refractivity contribution >= 4 is 44.5 Å². The Morgan fingerprint density at radius 2 is 2.05 bits per heavy atom. The molecule has 2 N–H and O–H groups in total. The minimum absolute atomic E-state index is 0.0767. The summed E-state index contributed by atoms with van der Waals surface area (Å²) in [7, 11) is 0. The molecule has 1 heterocycles. The first-order valence-corrected chi connectivity index (χ1v) is 7.37. The number of carbonyl (C=O) groups is 1. The molecule has 106 valence electrons. The molecule has 1 aromatic carbocycles. The summed E-state index contributed by atoms with van der Waals surface area (Å²) < 4.78 is 27.1. The Morgan fingerprint density at radius 3 is 2.75 bits per heavy atom. The van der Waals surface area contributed by atoms with Gasteiger partial charge in [0.05, 0.1) is 22.4 Å². The number of thiophene rings is 1. The van der Waals surface area contributed by atoms with Crippen LogP contribution in [0.1, 0.15) is 11.8 Å². The molecule has 0 spiro atoms. The lowest BCUT2D eigenvalue weighted by molar-refractivity contribution is -0.114. The zero-order chi connectivity index (χ0) is 14.7. The van der Waals surface area contributed by atoms with E-state index in [2.05, 4.69) is 26.6 Å². The molecule has 0 fully saturated rings. The predicted molar refractivity (Wildman–Crippen MR) is 80.0 cm³/mol. The van der Waals surface area contributed by atoms with E-state index in [-0.39, 0.29) is 16.1 Å². The van der Waals surface area contributed by atoms with Crippen LogP contribution < -0.4 is 10.6 Å². The third-order valence-corrected chi connectivity index (χ3v) is 4.03. The second-order valence-corrected chi connectivity index (χ2v) is 5.89. The first-order valence-electron chi connectivity index (χ1n) is 5.69. The van der Waals surface area contributed by atoms with Crippen molar-refractivity contribution in [2.45, 2.75) is 13.5 Å². The maximum absolute atomic E-state index is 13.6. The number of benzene rings is 1. The van der Waals surface area contributed by atoms with Crippen LogP contribution in [0.25, 0.3) is 0 Å². The Kier molecular flexibility index (Phi) is 4.72. The zero-order valence-corrected chi connectivity index (χ0v) is 12.9. The summed E-state index contributed by atoms with van der Waals surface area (Å²) in [6.07, 6.45) is 0. The van der Waals surface area contributed by atoms with Crippen LogP contribution in [0.2, 0.25) is 0 Å². The molecule has 2 aromatic rings. The lowest BCUT2D eigenvalue weighted by Crippen LogP contribution is -2.08. The van der Waals surface area contributed by atoms with Gasteiger partial charge in [0.1, 0.15) is 11.6 Å². The average molecular weight is 361 g/mol. The van der Waals surface area contributed by atoms with Crippen molar-refractivity contribution in [2.75, 3.05) is 10.6 Å². The van der Waals surface area contributed by atoms with E-state index in [1.54, 1.807) is 6.07 Å². The van der Waals surface area contributed by atoms with E-state index < -0.39 is 11.6 Å². The van der Waals surface area contributed by atoms with Crippen molar-refractivity contribution in [2.24, 2.45) is 0 Å². The fraction of sp³-hybridized carbons (Fsp3) is 0.154. The van der Waals surface area contributed by atoms with Gasteiger partial charge in [-0.3, -0.25) is 4.79 Å². The van der Waals surface area contributed by atoms with Gasteiger partial charge in [-0.2, -0.15) is 0 Å². The number of halogens is 3. The molecule has 1 aromatic heterocycles. The predicted octanol–water partition coefficient (Wildman–Crippen LogP) is 4.36. The first-order chi connectivity index (χ1) is 9.47. The van der Waals surface area contributed by atoms with Gasteiger partial charge in [0.15, 0.2) is 0 Å². The van der Waals surface area contributed by atoms with Crippen LogP contribution in [0.15, 0.2) is 28.1 Å². The molecule has 0 saturated heterocycles. The number of carbonyl (C=O) groups excluding carboxylic acids is 1. The Labute approximate surface area is 127 Å². The fourth-order valence-electron chi connectivity index (χ4n) is 1.61. The molecule has 0 aliphatic heterocycles. The van der Waals surface area contributed by atoms with Crippen molar-refractivity contribution in [3.63, 3.8) is 0 Å². The molecule has 0 bridgehead atoms. The Bertz CT molecular complexity index is 645. The van der Waals surface area contributed by atoms with Gasteiger partial charge < -0.3 is 10.6 Å². The van der Waals surface area contributed by atoms with Gasteiger partial charge >= 0.3 is 0 Å². The first kappa shape index (κ1) is 14.9. The summed E-state index contributed by atoms with van der Waals surface area (Å²) in [5.74, 6) is -1.26. The summed E-state index contributed by atoms with van der Waals surface area (Å²) in [6, 6.07) is 3.92. The average Bonchev–Trinajstić information content (AvgIpc) is 2.79. The highest BCUT2D eigenvalue weighted by Crippen LogP contribution is 2.26. The van der Waals surface area contributed by atoms with E-state index in [9.17, 15) is 13.6 Å². The maximum Gasteiger partial charge on any atom is 0.221 e. The van der Waals surface area contributed by atoms with E-state index in [1.165, 1.54) is 18.3 Å². The van der Waals surface area contributed by atoms with Gasteiger partial charge in [-0.15, -0.1) is 11.3 Å². The molecule has 2 rings (SSSR count). The number of amides is 1. The maximum atomic E-state index is 13.6. The second kappa shape index (κ2) is 6.32.